The third-order valence-corrected chi connectivity index (χ3v) is 4.52. The molecule has 1 heterocycles. The number of rotatable bonds is 2. The summed E-state index contributed by atoms with van der Waals surface area (Å²) in [5, 5.41) is 0.612. The summed E-state index contributed by atoms with van der Waals surface area (Å²) in [5.74, 6) is -1.08. The van der Waals surface area contributed by atoms with Crippen LogP contribution in [0.1, 0.15) is 56.2 Å². The van der Waals surface area contributed by atoms with Crippen molar-refractivity contribution < 1.29 is 14.4 Å². The zero-order chi connectivity index (χ0) is 17.7. The van der Waals surface area contributed by atoms with Gasteiger partial charge in [0.05, 0.1) is 11.1 Å². The number of carbonyl (C=O) groups excluding carboxylic acids is 3. The van der Waals surface area contributed by atoms with Crippen molar-refractivity contribution in [2.75, 3.05) is 0 Å². The minimum absolute atomic E-state index is 0.0754. The van der Waals surface area contributed by atoms with Crippen LogP contribution in [0.25, 0.3) is 10.9 Å². The molecule has 0 saturated heterocycles. The summed E-state index contributed by atoms with van der Waals surface area (Å²) in [6, 6.07) is 13.8. The molecule has 0 N–H and O–H groups in total. The van der Waals surface area contributed by atoms with Crippen LogP contribution in [0.2, 0.25) is 0 Å². The molecule has 3 aromatic rings. The van der Waals surface area contributed by atoms with Gasteiger partial charge in [0.25, 0.3) is 0 Å². The van der Waals surface area contributed by atoms with Gasteiger partial charge >= 0.3 is 0 Å². The number of Topliss-reactive ketones (excluding diaryl/α,β-unsaturated/α-hetero) is 1. The van der Waals surface area contributed by atoms with Crippen molar-refractivity contribution in [2.24, 2.45) is 5.92 Å². The van der Waals surface area contributed by atoms with E-state index in [1.807, 2.05) is 0 Å². The lowest BCUT2D eigenvalue weighted by Gasteiger charge is -2.21. The highest BCUT2D eigenvalue weighted by atomic mass is 16.1. The van der Waals surface area contributed by atoms with Crippen molar-refractivity contribution in [3.63, 3.8) is 0 Å². The van der Waals surface area contributed by atoms with Gasteiger partial charge in [-0.15, -0.1) is 0 Å². The maximum absolute atomic E-state index is 13.1. The fourth-order valence-electron chi connectivity index (χ4n) is 3.28. The van der Waals surface area contributed by atoms with Crippen LogP contribution in [0.3, 0.4) is 0 Å². The first kappa shape index (κ1) is 15.4. The Labute approximate surface area is 144 Å². The summed E-state index contributed by atoms with van der Waals surface area (Å²) >= 11 is 0. The number of hydrogen-bond acceptors (Lipinski definition) is 4. The van der Waals surface area contributed by atoms with E-state index in [0.717, 1.165) is 0 Å². The largest absolute Gasteiger partial charge is 0.294 e. The van der Waals surface area contributed by atoms with Gasteiger partial charge in [0.15, 0.2) is 11.6 Å². The summed E-state index contributed by atoms with van der Waals surface area (Å²) in [4.78, 5) is 43.3. The highest BCUT2D eigenvalue weighted by molar-refractivity contribution is 6.32. The lowest BCUT2D eigenvalue weighted by atomic mass is 9.81. The molecule has 4 heteroatoms. The van der Waals surface area contributed by atoms with Crippen LogP contribution >= 0.6 is 0 Å². The first-order chi connectivity index (χ1) is 12.0. The van der Waals surface area contributed by atoms with Crippen LogP contribution in [0.5, 0.6) is 0 Å². The Morgan fingerprint density at radius 2 is 1.48 bits per heavy atom. The predicted molar refractivity (Wildman–Crippen MR) is 94.2 cm³/mol. The fourth-order valence-corrected chi connectivity index (χ4v) is 3.28. The first-order valence-corrected chi connectivity index (χ1v) is 8.16. The molecule has 0 fully saturated rings. The average molecular weight is 329 g/mol. The lowest BCUT2D eigenvalue weighted by molar-refractivity contribution is 0.0927. The first-order valence-electron chi connectivity index (χ1n) is 8.16. The molecule has 1 aliphatic carbocycles. The Kier molecular flexibility index (Phi) is 3.35. The van der Waals surface area contributed by atoms with Gasteiger partial charge in [-0.25, -0.2) is 4.98 Å². The predicted octanol–water partition coefficient (Wildman–Crippen LogP) is 3.85. The number of ketones is 3. The van der Waals surface area contributed by atoms with E-state index in [4.69, 9.17) is 0 Å². The fraction of sp³-hybridized carbons (Fsp3) is 0.143. The van der Waals surface area contributed by atoms with Gasteiger partial charge in [-0.1, -0.05) is 56.3 Å². The van der Waals surface area contributed by atoms with Crippen molar-refractivity contribution in [1.82, 2.24) is 4.98 Å². The Morgan fingerprint density at radius 1 is 0.880 bits per heavy atom. The number of pyridine rings is 1. The summed E-state index contributed by atoms with van der Waals surface area (Å²) in [7, 11) is 0. The van der Waals surface area contributed by atoms with Gasteiger partial charge in [0.1, 0.15) is 5.69 Å². The molecule has 4 rings (SSSR count). The molecule has 0 bridgehead atoms. The van der Waals surface area contributed by atoms with E-state index in [-0.39, 0.29) is 34.5 Å². The lowest BCUT2D eigenvalue weighted by Crippen LogP contribution is -2.26. The molecule has 0 saturated carbocycles. The Bertz CT molecular complexity index is 1080. The Hall–Kier alpha value is -3.14. The zero-order valence-corrected chi connectivity index (χ0v) is 13.9. The van der Waals surface area contributed by atoms with Crippen LogP contribution in [-0.4, -0.2) is 22.3 Å². The van der Waals surface area contributed by atoms with Gasteiger partial charge in [-0.05, 0) is 6.07 Å². The van der Waals surface area contributed by atoms with E-state index in [0.29, 0.717) is 27.6 Å². The zero-order valence-electron chi connectivity index (χ0n) is 13.9. The second-order valence-corrected chi connectivity index (χ2v) is 6.45. The maximum atomic E-state index is 13.1. The quantitative estimate of drug-likeness (QED) is 0.524. The number of hydrogen-bond donors (Lipinski definition) is 0. The van der Waals surface area contributed by atoms with Crippen LogP contribution in [-0.2, 0) is 0 Å². The average Bonchev–Trinajstić information content (AvgIpc) is 2.63. The smallest absolute Gasteiger partial charge is 0.212 e. The van der Waals surface area contributed by atoms with Gasteiger partial charge in [-0.2, -0.15) is 0 Å². The third kappa shape index (κ3) is 2.14. The third-order valence-electron chi connectivity index (χ3n) is 4.52. The number of benzene rings is 2. The van der Waals surface area contributed by atoms with Gasteiger partial charge in [-0.3, -0.25) is 14.4 Å². The molecular formula is C21H15NO3. The number of para-hydroxylation sites is 1. The van der Waals surface area contributed by atoms with Crippen molar-refractivity contribution in [1.29, 1.82) is 0 Å². The van der Waals surface area contributed by atoms with Gasteiger partial charge in [0, 0.05) is 28.0 Å². The summed E-state index contributed by atoms with van der Waals surface area (Å²) in [5.41, 5.74) is 1.74. The molecule has 4 nitrogen and oxygen atoms in total. The molecule has 0 unspecified atom stereocenters. The summed E-state index contributed by atoms with van der Waals surface area (Å²) in [6.45, 7) is 3.57. The molecule has 0 radical (unpaired) electrons. The maximum Gasteiger partial charge on any atom is 0.212 e. The minimum Gasteiger partial charge on any atom is -0.294 e. The molecule has 0 aliphatic heterocycles. The number of aromatic nitrogens is 1. The molecular weight excluding hydrogens is 314 g/mol. The summed E-state index contributed by atoms with van der Waals surface area (Å²) < 4.78 is 0. The van der Waals surface area contributed by atoms with Crippen LogP contribution in [0, 0.1) is 5.92 Å². The van der Waals surface area contributed by atoms with Crippen LogP contribution in [0.4, 0.5) is 0 Å². The highest BCUT2D eigenvalue weighted by Crippen LogP contribution is 2.33. The van der Waals surface area contributed by atoms with E-state index in [9.17, 15) is 14.4 Å². The summed E-state index contributed by atoms with van der Waals surface area (Å²) in [6.07, 6.45) is 0. The van der Waals surface area contributed by atoms with Crippen molar-refractivity contribution in [3.05, 3.63) is 76.5 Å². The van der Waals surface area contributed by atoms with Crippen LogP contribution < -0.4 is 0 Å². The molecule has 1 aliphatic rings. The standard InChI is InChI=1S/C21H15NO3/c1-11(2)19(23)16-14-9-5-6-10-15(14)22-18-17(16)20(24)12-7-3-4-8-13(12)21(18)25/h3-11H,1-2H3. The molecule has 1 aromatic heterocycles. The SMILES string of the molecule is CC(C)C(=O)c1c2c(nc3ccccc13)C(=O)c1ccccc1C2=O. The van der Waals surface area contributed by atoms with E-state index >= 15 is 0 Å². The number of nitrogens with zero attached hydrogens (tertiary/aromatic N) is 1. The highest BCUT2D eigenvalue weighted by Gasteiger charge is 2.36. The molecule has 0 spiro atoms. The number of fused-ring (bicyclic) bond motifs is 3. The Morgan fingerprint density at radius 3 is 2.16 bits per heavy atom. The van der Waals surface area contributed by atoms with E-state index in [2.05, 4.69) is 4.98 Å². The van der Waals surface area contributed by atoms with E-state index < -0.39 is 0 Å². The molecule has 0 amide bonds. The minimum atomic E-state index is -0.313. The molecule has 122 valence electrons. The van der Waals surface area contributed by atoms with Crippen LogP contribution in [0.15, 0.2) is 48.5 Å². The van der Waals surface area contributed by atoms with E-state index in [1.165, 1.54) is 0 Å². The Balaban J connectivity index is 2.15. The van der Waals surface area contributed by atoms with Crippen molar-refractivity contribution in [3.8, 4) is 0 Å². The topological polar surface area (TPSA) is 64.1 Å². The van der Waals surface area contributed by atoms with Gasteiger partial charge < -0.3 is 0 Å². The molecule has 2 aromatic carbocycles. The second-order valence-electron chi connectivity index (χ2n) is 6.45. The molecule has 0 atom stereocenters. The van der Waals surface area contributed by atoms with Crippen molar-refractivity contribution in [2.45, 2.75) is 13.8 Å². The molecule has 25 heavy (non-hydrogen) atoms. The van der Waals surface area contributed by atoms with Gasteiger partial charge in [0.2, 0.25) is 5.78 Å². The monoisotopic (exact) mass is 329 g/mol. The van der Waals surface area contributed by atoms with Crippen molar-refractivity contribution >= 4 is 28.3 Å². The second kappa shape index (κ2) is 5.45. The number of carbonyl (C=O) groups is 3. The normalized spacial score (nSPS) is 13.1. The van der Waals surface area contributed by atoms with E-state index in [1.54, 1.807) is 62.4 Å².